The van der Waals surface area contributed by atoms with Gasteiger partial charge in [0.1, 0.15) is 0 Å². The van der Waals surface area contributed by atoms with Crippen molar-refractivity contribution >= 4 is 5.97 Å². The van der Waals surface area contributed by atoms with Crippen LogP contribution < -0.4 is 5.32 Å². The van der Waals surface area contributed by atoms with E-state index in [9.17, 15) is 4.79 Å². The Labute approximate surface area is 115 Å². The molecule has 104 valence electrons. The number of hydrogen-bond acceptors (Lipinski definition) is 4. The number of likely N-dealkylation sites (N-methyl/N-ethyl adjacent to an activating group) is 1. The second-order valence-corrected chi connectivity index (χ2v) is 4.25. The molecule has 0 saturated heterocycles. The lowest BCUT2D eigenvalue weighted by Gasteiger charge is -2.20. The van der Waals surface area contributed by atoms with Gasteiger partial charge in [0.2, 0.25) is 0 Å². The van der Waals surface area contributed by atoms with Gasteiger partial charge in [-0.1, -0.05) is 36.4 Å². The Morgan fingerprint density at radius 1 is 1.37 bits per heavy atom. The number of carbonyl (C=O) groups is 1. The third-order valence-corrected chi connectivity index (χ3v) is 2.75. The monoisotopic (exact) mass is 262 g/mol. The number of esters is 1. The lowest BCUT2D eigenvalue weighted by Crippen LogP contribution is -2.30. The highest BCUT2D eigenvalue weighted by atomic mass is 16.5. The molecule has 0 amide bonds. The van der Waals surface area contributed by atoms with E-state index in [-0.39, 0.29) is 5.97 Å². The van der Waals surface area contributed by atoms with Crippen molar-refractivity contribution in [1.29, 1.82) is 0 Å². The van der Waals surface area contributed by atoms with Crippen molar-refractivity contribution < 1.29 is 9.53 Å². The molecule has 0 bridgehead atoms. The van der Waals surface area contributed by atoms with Gasteiger partial charge in [-0.15, -0.1) is 0 Å². The topological polar surface area (TPSA) is 41.6 Å². The molecule has 0 fully saturated rings. The summed E-state index contributed by atoms with van der Waals surface area (Å²) >= 11 is 0. The zero-order chi connectivity index (χ0) is 13.9. The minimum Gasteiger partial charge on any atom is -0.466 e. The summed E-state index contributed by atoms with van der Waals surface area (Å²) in [5.74, 6) is -0.312. The Morgan fingerprint density at radius 3 is 2.74 bits per heavy atom. The summed E-state index contributed by atoms with van der Waals surface area (Å²) < 4.78 is 4.57. The fourth-order valence-electron chi connectivity index (χ4n) is 1.71. The first-order chi connectivity index (χ1) is 9.26. The van der Waals surface area contributed by atoms with Crippen molar-refractivity contribution in [1.82, 2.24) is 10.2 Å². The Morgan fingerprint density at radius 2 is 2.11 bits per heavy atom. The highest BCUT2D eigenvalue weighted by Gasteiger charge is 2.03. The first-order valence-electron chi connectivity index (χ1n) is 6.41. The number of nitrogens with one attached hydrogen (secondary N) is 1. The quantitative estimate of drug-likeness (QED) is 0.568. The maximum absolute atomic E-state index is 11.0. The van der Waals surface area contributed by atoms with E-state index in [1.54, 1.807) is 0 Å². The molecule has 0 saturated carbocycles. The van der Waals surface area contributed by atoms with E-state index in [1.807, 2.05) is 31.3 Å². The van der Waals surface area contributed by atoms with Crippen molar-refractivity contribution in [2.45, 2.75) is 6.54 Å². The molecule has 0 aliphatic heterocycles. The standard InChI is InChI=1S/C15H22N2O2/c1-16-10-12-17(11-6-9-15(18)19-2)13-14-7-4-3-5-8-14/h3-9,16H,10-13H2,1-2H3/b9-6+. The average Bonchev–Trinajstić information content (AvgIpc) is 2.45. The first-order valence-corrected chi connectivity index (χ1v) is 6.41. The van der Waals surface area contributed by atoms with Crippen molar-refractivity contribution in [2.75, 3.05) is 33.8 Å². The lowest BCUT2D eigenvalue weighted by atomic mass is 10.2. The summed E-state index contributed by atoms with van der Waals surface area (Å²) in [7, 11) is 3.32. The fourth-order valence-corrected chi connectivity index (χ4v) is 1.71. The molecule has 0 unspecified atom stereocenters. The number of hydrogen-bond donors (Lipinski definition) is 1. The van der Waals surface area contributed by atoms with Gasteiger partial charge in [0, 0.05) is 32.3 Å². The van der Waals surface area contributed by atoms with E-state index in [0.717, 1.165) is 26.2 Å². The van der Waals surface area contributed by atoms with E-state index < -0.39 is 0 Å². The smallest absolute Gasteiger partial charge is 0.330 e. The van der Waals surface area contributed by atoms with Gasteiger partial charge in [0.25, 0.3) is 0 Å². The molecule has 1 aromatic rings. The van der Waals surface area contributed by atoms with Crippen LogP contribution in [0.1, 0.15) is 5.56 Å². The number of carbonyl (C=O) groups excluding carboxylic acids is 1. The molecule has 1 rings (SSSR count). The average molecular weight is 262 g/mol. The number of ether oxygens (including phenoxy) is 1. The van der Waals surface area contributed by atoms with Gasteiger partial charge in [-0.25, -0.2) is 4.79 Å². The van der Waals surface area contributed by atoms with Crippen LogP contribution in [0.4, 0.5) is 0 Å². The molecule has 1 aromatic carbocycles. The summed E-state index contributed by atoms with van der Waals surface area (Å²) in [6.45, 7) is 3.44. The van der Waals surface area contributed by atoms with Crippen LogP contribution >= 0.6 is 0 Å². The Bertz CT molecular complexity index is 390. The van der Waals surface area contributed by atoms with Gasteiger partial charge < -0.3 is 10.1 Å². The zero-order valence-electron chi connectivity index (χ0n) is 11.6. The van der Waals surface area contributed by atoms with Crippen LogP contribution in [0, 0.1) is 0 Å². The van der Waals surface area contributed by atoms with E-state index in [2.05, 4.69) is 27.1 Å². The molecule has 0 spiro atoms. The molecule has 0 aliphatic carbocycles. The van der Waals surface area contributed by atoms with Crippen LogP contribution in [-0.4, -0.2) is 44.7 Å². The van der Waals surface area contributed by atoms with Gasteiger partial charge in [-0.2, -0.15) is 0 Å². The molecular weight excluding hydrogens is 240 g/mol. The van der Waals surface area contributed by atoms with Crippen LogP contribution in [0.3, 0.4) is 0 Å². The molecule has 1 N–H and O–H groups in total. The van der Waals surface area contributed by atoms with E-state index in [4.69, 9.17) is 0 Å². The van der Waals surface area contributed by atoms with Gasteiger partial charge in [0.15, 0.2) is 0 Å². The Hall–Kier alpha value is -1.65. The normalized spacial score (nSPS) is 11.1. The number of rotatable bonds is 8. The van der Waals surface area contributed by atoms with Gasteiger partial charge in [0.05, 0.1) is 7.11 Å². The van der Waals surface area contributed by atoms with Crippen LogP contribution in [0.25, 0.3) is 0 Å². The molecule has 4 nitrogen and oxygen atoms in total. The molecule has 0 radical (unpaired) electrons. The Kier molecular flexibility index (Phi) is 7.54. The second-order valence-electron chi connectivity index (χ2n) is 4.25. The van der Waals surface area contributed by atoms with Gasteiger partial charge in [-0.05, 0) is 12.6 Å². The molecule has 0 aromatic heterocycles. The minimum atomic E-state index is -0.312. The van der Waals surface area contributed by atoms with E-state index in [1.165, 1.54) is 18.7 Å². The number of nitrogens with zero attached hydrogens (tertiary/aromatic N) is 1. The predicted molar refractivity (Wildman–Crippen MR) is 76.8 cm³/mol. The van der Waals surface area contributed by atoms with E-state index in [0.29, 0.717) is 0 Å². The SMILES string of the molecule is CNCCN(C/C=C/C(=O)OC)Cc1ccccc1. The van der Waals surface area contributed by atoms with Crippen molar-refractivity contribution in [3.05, 3.63) is 48.0 Å². The van der Waals surface area contributed by atoms with Crippen LogP contribution in [0.5, 0.6) is 0 Å². The maximum Gasteiger partial charge on any atom is 0.330 e. The van der Waals surface area contributed by atoms with Crippen molar-refractivity contribution in [2.24, 2.45) is 0 Å². The molecule has 0 atom stereocenters. The first kappa shape index (κ1) is 15.4. The van der Waals surface area contributed by atoms with Gasteiger partial charge in [-0.3, -0.25) is 4.90 Å². The van der Waals surface area contributed by atoms with Crippen LogP contribution in [-0.2, 0) is 16.1 Å². The third-order valence-electron chi connectivity index (χ3n) is 2.75. The maximum atomic E-state index is 11.0. The Balaban J connectivity index is 2.51. The summed E-state index contributed by atoms with van der Waals surface area (Å²) in [6, 6.07) is 10.3. The zero-order valence-corrected chi connectivity index (χ0v) is 11.6. The van der Waals surface area contributed by atoms with Crippen molar-refractivity contribution in [3.8, 4) is 0 Å². The highest BCUT2D eigenvalue weighted by molar-refractivity contribution is 5.81. The van der Waals surface area contributed by atoms with Crippen LogP contribution in [0.2, 0.25) is 0 Å². The fraction of sp³-hybridized carbons (Fsp3) is 0.400. The summed E-state index contributed by atoms with van der Waals surface area (Å²) in [5.41, 5.74) is 1.27. The van der Waals surface area contributed by atoms with Crippen molar-refractivity contribution in [3.63, 3.8) is 0 Å². The second kappa shape index (κ2) is 9.30. The summed E-state index contributed by atoms with van der Waals surface area (Å²) in [5, 5.41) is 3.14. The molecule has 19 heavy (non-hydrogen) atoms. The third kappa shape index (κ3) is 6.74. The van der Waals surface area contributed by atoms with Crippen LogP contribution in [0.15, 0.2) is 42.5 Å². The number of methoxy groups -OCH3 is 1. The highest BCUT2D eigenvalue weighted by Crippen LogP contribution is 2.04. The predicted octanol–water partition coefficient (Wildman–Crippen LogP) is 1.44. The molecule has 0 aliphatic rings. The lowest BCUT2D eigenvalue weighted by molar-refractivity contribution is -0.134. The molecular formula is C15H22N2O2. The van der Waals surface area contributed by atoms with Gasteiger partial charge >= 0.3 is 5.97 Å². The van der Waals surface area contributed by atoms with E-state index >= 15 is 0 Å². The number of benzene rings is 1. The largest absolute Gasteiger partial charge is 0.466 e. The molecule has 4 heteroatoms. The minimum absolute atomic E-state index is 0.312. The summed E-state index contributed by atoms with van der Waals surface area (Å²) in [4.78, 5) is 13.3. The summed E-state index contributed by atoms with van der Waals surface area (Å²) in [6.07, 6.45) is 3.31. The molecule has 0 heterocycles.